The van der Waals surface area contributed by atoms with Crippen LogP contribution in [0.2, 0.25) is 0 Å². The van der Waals surface area contributed by atoms with Gasteiger partial charge in [0.25, 0.3) is 0 Å². The van der Waals surface area contributed by atoms with Gasteiger partial charge in [-0.3, -0.25) is 4.90 Å². The third-order valence-corrected chi connectivity index (χ3v) is 6.64. The van der Waals surface area contributed by atoms with E-state index in [0.717, 1.165) is 18.4 Å². The standard InChI is InChI=1S/C18H35N3/c1-2-16-5-8-18(13-16,15-19)21-11-6-17(7-12-21)14-20-9-3-4-10-20/h16-17H,2-15,19H2,1H3. The molecule has 0 bridgehead atoms. The van der Waals surface area contributed by atoms with Crippen LogP contribution in [0.4, 0.5) is 0 Å². The van der Waals surface area contributed by atoms with Gasteiger partial charge in [-0.25, -0.2) is 0 Å². The summed E-state index contributed by atoms with van der Waals surface area (Å²) in [6.45, 7) is 9.88. The average Bonchev–Trinajstić information content (AvgIpc) is 3.18. The predicted octanol–water partition coefficient (Wildman–Crippen LogP) is 2.70. The Bertz CT molecular complexity index is 318. The van der Waals surface area contributed by atoms with Crippen molar-refractivity contribution in [1.29, 1.82) is 0 Å². The molecule has 3 fully saturated rings. The first-order valence-electron chi connectivity index (χ1n) is 9.43. The zero-order valence-electron chi connectivity index (χ0n) is 14.0. The third-order valence-electron chi connectivity index (χ3n) is 6.64. The monoisotopic (exact) mass is 293 g/mol. The Hall–Kier alpha value is -0.120. The zero-order valence-corrected chi connectivity index (χ0v) is 14.0. The van der Waals surface area contributed by atoms with Crippen LogP contribution in [0.25, 0.3) is 0 Å². The van der Waals surface area contributed by atoms with Gasteiger partial charge in [-0.2, -0.15) is 0 Å². The fraction of sp³-hybridized carbons (Fsp3) is 1.00. The third kappa shape index (κ3) is 3.46. The van der Waals surface area contributed by atoms with Crippen molar-refractivity contribution in [3.63, 3.8) is 0 Å². The normalized spacial score (nSPS) is 36.6. The van der Waals surface area contributed by atoms with Crippen molar-refractivity contribution in [1.82, 2.24) is 9.80 Å². The van der Waals surface area contributed by atoms with E-state index in [1.165, 1.54) is 84.1 Å². The second-order valence-corrected chi connectivity index (χ2v) is 7.88. The van der Waals surface area contributed by atoms with Crippen molar-refractivity contribution >= 4 is 0 Å². The molecule has 2 heterocycles. The molecule has 2 aliphatic heterocycles. The summed E-state index contributed by atoms with van der Waals surface area (Å²) in [5.74, 6) is 1.87. The molecule has 21 heavy (non-hydrogen) atoms. The molecule has 1 aliphatic carbocycles. The largest absolute Gasteiger partial charge is 0.329 e. The van der Waals surface area contributed by atoms with Gasteiger partial charge < -0.3 is 10.6 Å². The van der Waals surface area contributed by atoms with Crippen LogP contribution in [0, 0.1) is 11.8 Å². The van der Waals surface area contributed by atoms with Crippen LogP contribution in [0.1, 0.15) is 58.3 Å². The van der Waals surface area contributed by atoms with Gasteiger partial charge in [0, 0.05) is 18.6 Å². The summed E-state index contributed by atoms with van der Waals surface area (Å²) >= 11 is 0. The maximum atomic E-state index is 6.23. The maximum absolute atomic E-state index is 6.23. The molecule has 122 valence electrons. The highest BCUT2D eigenvalue weighted by Gasteiger charge is 2.43. The van der Waals surface area contributed by atoms with E-state index >= 15 is 0 Å². The second-order valence-electron chi connectivity index (χ2n) is 7.88. The summed E-state index contributed by atoms with van der Waals surface area (Å²) in [6.07, 6.45) is 11.1. The number of rotatable bonds is 5. The molecular formula is C18H35N3. The lowest BCUT2D eigenvalue weighted by Crippen LogP contribution is -2.55. The van der Waals surface area contributed by atoms with Crippen molar-refractivity contribution in [2.45, 2.75) is 63.8 Å². The first-order chi connectivity index (χ1) is 10.3. The molecule has 2 N–H and O–H groups in total. The Labute approximate surface area is 131 Å². The van der Waals surface area contributed by atoms with Crippen LogP contribution < -0.4 is 5.73 Å². The van der Waals surface area contributed by atoms with Crippen molar-refractivity contribution < 1.29 is 0 Å². The molecule has 3 rings (SSSR count). The topological polar surface area (TPSA) is 32.5 Å². The molecule has 1 saturated carbocycles. The van der Waals surface area contributed by atoms with E-state index < -0.39 is 0 Å². The summed E-state index contributed by atoms with van der Waals surface area (Å²) in [6, 6.07) is 0. The lowest BCUT2D eigenvalue weighted by Gasteiger charge is -2.45. The number of hydrogen-bond donors (Lipinski definition) is 1. The first-order valence-corrected chi connectivity index (χ1v) is 9.43. The van der Waals surface area contributed by atoms with E-state index in [4.69, 9.17) is 5.73 Å². The summed E-state index contributed by atoms with van der Waals surface area (Å²) in [7, 11) is 0. The molecule has 2 saturated heterocycles. The van der Waals surface area contributed by atoms with Gasteiger partial charge in [0.2, 0.25) is 0 Å². The predicted molar refractivity (Wildman–Crippen MR) is 89.4 cm³/mol. The van der Waals surface area contributed by atoms with Crippen molar-refractivity contribution in [2.75, 3.05) is 39.3 Å². The maximum Gasteiger partial charge on any atom is 0.0334 e. The van der Waals surface area contributed by atoms with E-state index in [1.807, 2.05) is 0 Å². The summed E-state index contributed by atoms with van der Waals surface area (Å²) in [5, 5.41) is 0. The summed E-state index contributed by atoms with van der Waals surface area (Å²) in [4.78, 5) is 5.48. The SMILES string of the molecule is CCC1CCC(CN)(N2CCC(CN3CCCC3)CC2)C1. The van der Waals surface area contributed by atoms with Crippen LogP contribution in [0.15, 0.2) is 0 Å². The van der Waals surface area contributed by atoms with Gasteiger partial charge in [0.15, 0.2) is 0 Å². The molecule has 3 heteroatoms. The number of piperidine rings is 1. The van der Waals surface area contributed by atoms with Crippen LogP contribution in [-0.4, -0.2) is 54.6 Å². The highest BCUT2D eigenvalue weighted by atomic mass is 15.2. The van der Waals surface area contributed by atoms with Crippen molar-refractivity contribution in [3.8, 4) is 0 Å². The fourth-order valence-electron chi connectivity index (χ4n) is 5.08. The van der Waals surface area contributed by atoms with E-state index in [9.17, 15) is 0 Å². The van der Waals surface area contributed by atoms with Gasteiger partial charge in [-0.05, 0) is 83.0 Å². The van der Waals surface area contributed by atoms with E-state index in [1.54, 1.807) is 0 Å². The van der Waals surface area contributed by atoms with Crippen molar-refractivity contribution in [2.24, 2.45) is 17.6 Å². The minimum atomic E-state index is 0.360. The second kappa shape index (κ2) is 6.97. The summed E-state index contributed by atoms with van der Waals surface area (Å²) in [5.41, 5.74) is 6.59. The number of likely N-dealkylation sites (tertiary alicyclic amines) is 2. The van der Waals surface area contributed by atoms with Gasteiger partial charge in [-0.1, -0.05) is 13.3 Å². The molecule has 2 unspecified atom stereocenters. The molecule has 0 radical (unpaired) electrons. The Morgan fingerprint density at radius 3 is 2.29 bits per heavy atom. The first kappa shape index (κ1) is 15.8. The average molecular weight is 293 g/mol. The smallest absolute Gasteiger partial charge is 0.0334 e. The molecule has 0 aromatic rings. The van der Waals surface area contributed by atoms with Gasteiger partial charge in [0.1, 0.15) is 0 Å². The van der Waals surface area contributed by atoms with Crippen LogP contribution in [0.3, 0.4) is 0 Å². The zero-order chi connectivity index (χ0) is 14.7. The molecular weight excluding hydrogens is 258 g/mol. The lowest BCUT2D eigenvalue weighted by atomic mass is 9.87. The Morgan fingerprint density at radius 1 is 1.00 bits per heavy atom. The number of hydrogen-bond acceptors (Lipinski definition) is 3. The Kier molecular flexibility index (Phi) is 5.23. The molecule has 0 amide bonds. The Morgan fingerprint density at radius 2 is 1.71 bits per heavy atom. The van der Waals surface area contributed by atoms with Crippen LogP contribution >= 0.6 is 0 Å². The van der Waals surface area contributed by atoms with E-state index in [0.29, 0.717) is 5.54 Å². The van der Waals surface area contributed by atoms with Gasteiger partial charge in [0.05, 0.1) is 0 Å². The molecule has 2 atom stereocenters. The quantitative estimate of drug-likeness (QED) is 0.846. The molecule has 3 aliphatic rings. The minimum Gasteiger partial charge on any atom is -0.329 e. The van der Waals surface area contributed by atoms with Gasteiger partial charge in [-0.15, -0.1) is 0 Å². The molecule has 0 aromatic heterocycles. The van der Waals surface area contributed by atoms with E-state index in [2.05, 4.69) is 16.7 Å². The number of nitrogens with zero attached hydrogens (tertiary/aromatic N) is 2. The van der Waals surface area contributed by atoms with Crippen molar-refractivity contribution in [3.05, 3.63) is 0 Å². The number of nitrogens with two attached hydrogens (primary N) is 1. The highest BCUT2D eigenvalue weighted by Crippen LogP contribution is 2.41. The summed E-state index contributed by atoms with van der Waals surface area (Å²) < 4.78 is 0. The van der Waals surface area contributed by atoms with Crippen LogP contribution in [-0.2, 0) is 0 Å². The Balaban J connectivity index is 1.50. The molecule has 0 spiro atoms. The van der Waals surface area contributed by atoms with E-state index in [-0.39, 0.29) is 0 Å². The van der Waals surface area contributed by atoms with Crippen LogP contribution in [0.5, 0.6) is 0 Å². The van der Waals surface area contributed by atoms with Gasteiger partial charge >= 0.3 is 0 Å². The lowest BCUT2D eigenvalue weighted by molar-refractivity contribution is 0.0491. The minimum absolute atomic E-state index is 0.360. The fourth-order valence-corrected chi connectivity index (χ4v) is 5.08. The molecule has 0 aromatic carbocycles. The molecule has 3 nitrogen and oxygen atoms in total. The highest BCUT2D eigenvalue weighted by molar-refractivity contribution is 5.00.